The molecule has 1 atom stereocenters. The molecule has 5 nitrogen and oxygen atoms in total. The molecule has 1 unspecified atom stereocenters. The lowest BCUT2D eigenvalue weighted by atomic mass is 10.1. The van der Waals surface area contributed by atoms with E-state index in [4.69, 9.17) is 11.6 Å². The predicted molar refractivity (Wildman–Crippen MR) is 70.8 cm³/mol. The Balaban J connectivity index is 2.22. The summed E-state index contributed by atoms with van der Waals surface area (Å²) in [4.78, 5) is 20.3. The van der Waals surface area contributed by atoms with E-state index >= 15 is 0 Å². The normalized spacial score (nSPS) is 19.5. The minimum Gasteiger partial charge on any atom is -0.358 e. The zero-order chi connectivity index (χ0) is 13.1. The number of carbonyl (C=O) groups excluding carboxylic acids is 1. The van der Waals surface area contributed by atoms with Crippen molar-refractivity contribution in [3.05, 3.63) is 16.5 Å². The van der Waals surface area contributed by atoms with Crippen LogP contribution in [-0.4, -0.2) is 28.5 Å². The van der Waals surface area contributed by atoms with Gasteiger partial charge in [0.15, 0.2) is 0 Å². The standard InChI is InChI=1S/C12H17ClN4O/c1-3-9-16-10(13)7(2)11(17-9)15-8-5-4-6-14-12(8)18/h8H,3-6H2,1-2H3,(H,14,18)(H,15,16,17). The van der Waals surface area contributed by atoms with Gasteiger partial charge in [-0.1, -0.05) is 18.5 Å². The Morgan fingerprint density at radius 1 is 1.50 bits per heavy atom. The van der Waals surface area contributed by atoms with E-state index in [-0.39, 0.29) is 11.9 Å². The number of hydrogen-bond acceptors (Lipinski definition) is 4. The number of carbonyl (C=O) groups is 1. The van der Waals surface area contributed by atoms with Gasteiger partial charge in [-0.15, -0.1) is 0 Å². The molecule has 1 amide bonds. The molecular formula is C12H17ClN4O. The molecule has 1 saturated heterocycles. The van der Waals surface area contributed by atoms with Crippen molar-refractivity contribution >= 4 is 23.3 Å². The first-order valence-corrected chi connectivity index (χ1v) is 6.57. The maximum absolute atomic E-state index is 11.7. The van der Waals surface area contributed by atoms with Crippen LogP contribution in [0.3, 0.4) is 0 Å². The van der Waals surface area contributed by atoms with E-state index in [1.807, 2.05) is 13.8 Å². The van der Waals surface area contributed by atoms with Crippen molar-refractivity contribution in [3.8, 4) is 0 Å². The van der Waals surface area contributed by atoms with Gasteiger partial charge < -0.3 is 10.6 Å². The van der Waals surface area contributed by atoms with Crippen LogP contribution in [0.25, 0.3) is 0 Å². The van der Waals surface area contributed by atoms with Crippen molar-refractivity contribution in [1.82, 2.24) is 15.3 Å². The van der Waals surface area contributed by atoms with Crippen LogP contribution < -0.4 is 10.6 Å². The van der Waals surface area contributed by atoms with Crippen molar-refractivity contribution in [3.63, 3.8) is 0 Å². The average Bonchev–Trinajstić information content (AvgIpc) is 2.37. The van der Waals surface area contributed by atoms with Gasteiger partial charge in [-0.2, -0.15) is 0 Å². The zero-order valence-corrected chi connectivity index (χ0v) is 11.3. The van der Waals surface area contributed by atoms with Crippen LogP contribution in [0.1, 0.15) is 31.2 Å². The van der Waals surface area contributed by atoms with E-state index < -0.39 is 0 Å². The van der Waals surface area contributed by atoms with E-state index in [1.54, 1.807) is 0 Å². The molecule has 1 aliphatic heterocycles. The molecule has 1 fully saturated rings. The van der Waals surface area contributed by atoms with Gasteiger partial charge in [-0.05, 0) is 19.8 Å². The summed E-state index contributed by atoms with van der Waals surface area (Å²) in [5.74, 6) is 1.37. The molecule has 2 rings (SSSR count). The first-order valence-electron chi connectivity index (χ1n) is 6.19. The molecule has 0 radical (unpaired) electrons. The van der Waals surface area contributed by atoms with Crippen molar-refractivity contribution < 1.29 is 4.79 Å². The molecule has 98 valence electrons. The van der Waals surface area contributed by atoms with Gasteiger partial charge in [0.2, 0.25) is 5.91 Å². The fourth-order valence-corrected chi connectivity index (χ4v) is 2.09. The second-order valence-corrected chi connectivity index (χ2v) is 4.75. The summed E-state index contributed by atoms with van der Waals surface area (Å²) in [7, 11) is 0. The SMILES string of the molecule is CCc1nc(Cl)c(C)c(NC2CCCNC2=O)n1. The molecule has 0 aliphatic carbocycles. The van der Waals surface area contributed by atoms with E-state index in [0.717, 1.165) is 24.9 Å². The molecule has 6 heteroatoms. The molecule has 1 aromatic heterocycles. The maximum atomic E-state index is 11.7. The molecule has 0 bridgehead atoms. The number of nitrogens with one attached hydrogen (secondary N) is 2. The fraction of sp³-hybridized carbons (Fsp3) is 0.583. The third-order valence-electron chi connectivity index (χ3n) is 3.05. The maximum Gasteiger partial charge on any atom is 0.242 e. The molecule has 0 saturated carbocycles. The first kappa shape index (κ1) is 13.1. The third kappa shape index (κ3) is 2.72. The molecule has 18 heavy (non-hydrogen) atoms. The fourth-order valence-electron chi connectivity index (χ4n) is 1.91. The Kier molecular flexibility index (Phi) is 4.01. The molecular weight excluding hydrogens is 252 g/mol. The Morgan fingerprint density at radius 2 is 2.28 bits per heavy atom. The highest BCUT2D eigenvalue weighted by Gasteiger charge is 2.23. The lowest BCUT2D eigenvalue weighted by Crippen LogP contribution is -2.44. The number of aromatic nitrogens is 2. The van der Waals surface area contributed by atoms with E-state index in [9.17, 15) is 4.79 Å². The van der Waals surface area contributed by atoms with Crippen LogP contribution in [0.2, 0.25) is 5.15 Å². The third-order valence-corrected chi connectivity index (χ3v) is 3.41. The molecule has 2 N–H and O–H groups in total. The quantitative estimate of drug-likeness (QED) is 0.819. The topological polar surface area (TPSA) is 66.9 Å². The summed E-state index contributed by atoms with van der Waals surface area (Å²) in [6.45, 7) is 4.57. The molecule has 0 spiro atoms. The van der Waals surface area contributed by atoms with Gasteiger partial charge in [0.25, 0.3) is 0 Å². The minimum atomic E-state index is -0.229. The summed E-state index contributed by atoms with van der Waals surface area (Å²) in [5.41, 5.74) is 0.784. The predicted octanol–water partition coefficient (Wildman–Crippen LogP) is 1.69. The van der Waals surface area contributed by atoms with Crippen LogP contribution in [0, 0.1) is 6.92 Å². The van der Waals surface area contributed by atoms with Crippen molar-refractivity contribution in [2.75, 3.05) is 11.9 Å². The van der Waals surface area contributed by atoms with E-state index in [2.05, 4.69) is 20.6 Å². The first-order chi connectivity index (χ1) is 8.61. The van der Waals surface area contributed by atoms with Gasteiger partial charge >= 0.3 is 0 Å². The lowest BCUT2D eigenvalue weighted by molar-refractivity contribution is -0.123. The van der Waals surface area contributed by atoms with E-state index in [0.29, 0.717) is 23.2 Å². The highest BCUT2D eigenvalue weighted by Crippen LogP contribution is 2.22. The molecule has 1 aromatic rings. The number of rotatable bonds is 3. The number of aryl methyl sites for hydroxylation is 1. The van der Waals surface area contributed by atoms with Crippen LogP contribution in [-0.2, 0) is 11.2 Å². The second kappa shape index (κ2) is 5.52. The summed E-state index contributed by atoms with van der Waals surface area (Å²) in [5, 5.41) is 6.45. The van der Waals surface area contributed by atoms with Crippen molar-refractivity contribution in [2.45, 2.75) is 39.2 Å². The molecule has 1 aliphatic rings. The lowest BCUT2D eigenvalue weighted by Gasteiger charge is -2.24. The number of nitrogens with zero attached hydrogens (tertiary/aromatic N) is 2. The zero-order valence-electron chi connectivity index (χ0n) is 10.6. The van der Waals surface area contributed by atoms with Crippen LogP contribution in [0.4, 0.5) is 5.82 Å². The Hall–Kier alpha value is -1.36. The summed E-state index contributed by atoms with van der Waals surface area (Å²) >= 11 is 6.06. The Bertz CT molecular complexity index is 464. The number of amides is 1. The van der Waals surface area contributed by atoms with Crippen LogP contribution in [0.5, 0.6) is 0 Å². The number of anilines is 1. The number of hydrogen-bond donors (Lipinski definition) is 2. The second-order valence-electron chi connectivity index (χ2n) is 4.39. The number of halogens is 1. The number of piperidine rings is 1. The Morgan fingerprint density at radius 3 is 2.94 bits per heavy atom. The van der Waals surface area contributed by atoms with Crippen LogP contribution in [0.15, 0.2) is 0 Å². The summed E-state index contributed by atoms with van der Waals surface area (Å²) in [6.07, 6.45) is 2.50. The van der Waals surface area contributed by atoms with Gasteiger partial charge in [0, 0.05) is 18.5 Å². The van der Waals surface area contributed by atoms with Gasteiger partial charge in [0.1, 0.15) is 22.8 Å². The molecule has 0 aromatic carbocycles. The highest BCUT2D eigenvalue weighted by molar-refractivity contribution is 6.30. The molecule has 2 heterocycles. The monoisotopic (exact) mass is 268 g/mol. The van der Waals surface area contributed by atoms with Gasteiger partial charge in [0.05, 0.1) is 0 Å². The average molecular weight is 269 g/mol. The van der Waals surface area contributed by atoms with Crippen LogP contribution >= 0.6 is 11.6 Å². The van der Waals surface area contributed by atoms with E-state index in [1.165, 1.54) is 0 Å². The minimum absolute atomic E-state index is 0.0217. The smallest absolute Gasteiger partial charge is 0.242 e. The van der Waals surface area contributed by atoms with Gasteiger partial charge in [-0.25, -0.2) is 9.97 Å². The Labute approximate surface area is 111 Å². The largest absolute Gasteiger partial charge is 0.358 e. The highest BCUT2D eigenvalue weighted by atomic mass is 35.5. The van der Waals surface area contributed by atoms with Crippen molar-refractivity contribution in [2.24, 2.45) is 0 Å². The van der Waals surface area contributed by atoms with Crippen molar-refractivity contribution in [1.29, 1.82) is 0 Å². The summed E-state index contributed by atoms with van der Waals surface area (Å²) in [6, 6.07) is -0.229. The summed E-state index contributed by atoms with van der Waals surface area (Å²) < 4.78 is 0. The van der Waals surface area contributed by atoms with Gasteiger partial charge in [-0.3, -0.25) is 4.79 Å².